The minimum atomic E-state index is -3.53. The van der Waals surface area contributed by atoms with Crippen molar-refractivity contribution >= 4 is 21.6 Å². The van der Waals surface area contributed by atoms with Crippen LogP contribution in [0, 0.1) is 0 Å². The van der Waals surface area contributed by atoms with E-state index in [4.69, 9.17) is 9.47 Å². The number of sulfonamides is 1. The summed E-state index contributed by atoms with van der Waals surface area (Å²) in [5, 5.41) is 2.84. The summed E-state index contributed by atoms with van der Waals surface area (Å²) in [6.45, 7) is 5.38. The Hall–Kier alpha value is -1.96. The zero-order valence-electron chi connectivity index (χ0n) is 15.0. The number of amides is 1. The van der Waals surface area contributed by atoms with Gasteiger partial charge in [-0.1, -0.05) is 6.92 Å². The second-order valence-corrected chi connectivity index (χ2v) is 7.66. The van der Waals surface area contributed by atoms with Gasteiger partial charge in [0.05, 0.1) is 31.2 Å². The summed E-state index contributed by atoms with van der Waals surface area (Å²) in [6, 6.07) is 2.96. The van der Waals surface area contributed by atoms with Gasteiger partial charge in [-0.2, -0.15) is 0 Å². The van der Waals surface area contributed by atoms with Crippen molar-refractivity contribution in [3.63, 3.8) is 0 Å². The van der Waals surface area contributed by atoms with Crippen molar-refractivity contribution in [3.05, 3.63) is 17.7 Å². The lowest BCUT2D eigenvalue weighted by atomic mass is 10.1. The molecule has 0 unspecified atom stereocenters. The third kappa shape index (κ3) is 4.31. The van der Waals surface area contributed by atoms with E-state index in [9.17, 15) is 13.2 Å². The highest BCUT2D eigenvalue weighted by atomic mass is 32.2. The van der Waals surface area contributed by atoms with Crippen LogP contribution >= 0.6 is 0 Å². The molecule has 0 radical (unpaired) electrons. The van der Waals surface area contributed by atoms with Crippen LogP contribution in [-0.4, -0.2) is 47.4 Å². The van der Waals surface area contributed by atoms with E-state index in [0.29, 0.717) is 11.5 Å². The summed E-state index contributed by atoms with van der Waals surface area (Å²) < 4.78 is 36.0. The quantitative estimate of drug-likeness (QED) is 0.768. The van der Waals surface area contributed by atoms with E-state index in [0.717, 1.165) is 10.7 Å². The Kier molecular flexibility index (Phi) is 6.89. The van der Waals surface area contributed by atoms with Crippen LogP contribution in [0.2, 0.25) is 0 Å². The molecule has 1 amide bonds. The minimum Gasteiger partial charge on any atom is -0.493 e. The van der Waals surface area contributed by atoms with Crippen LogP contribution in [0.5, 0.6) is 11.5 Å². The number of nitrogens with zero attached hydrogens (tertiary/aromatic N) is 1. The van der Waals surface area contributed by atoms with Crippen molar-refractivity contribution in [2.75, 3.05) is 31.3 Å². The number of carbonyl (C=O) groups is 1. The molecule has 0 aliphatic rings. The van der Waals surface area contributed by atoms with Crippen molar-refractivity contribution in [1.29, 1.82) is 0 Å². The van der Waals surface area contributed by atoms with E-state index in [1.165, 1.54) is 33.4 Å². The maximum Gasteiger partial charge on any atom is 0.253 e. The number of benzene rings is 1. The first-order valence-electron chi connectivity index (χ1n) is 7.75. The van der Waals surface area contributed by atoms with Gasteiger partial charge < -0.3 is 14.8 Å². The van der Waals surface area contributed by atoms with Crippen LogP contribution in [0.4, 0.5) is 5.69 Å². The van der Waals surface area contributed by atoms with Crippen LogP contribution in [-0.2, 0) is 10.0 Å². The lowest BCUT2D eigenvalue weighted by Crippen LogP contribution is -2.35. The van der Waals surface area contributed by atoms with Crippen LogP contribution in [0.3, 0.4) is 0 Å². The third-order valence-corrected chi connectivity index (χ3v) is 5.62. The Morgan fingerprint density at radius 2 is 1.75 bits per heavy atom. The molecule has 0 bridgehead atoms. The first-order chi connectivity index (χ1) is 11.2. The van der Waals surface area contributed by atoms with E-state index in [2.05, 4.69) is 5.32 Å². The third-order valence-electron chi connectivity index (χ3n) is 3.86. The molecule has 0 saturated carbocycles. The second-order valence-electron chi connectivity index (χ2n) is 5.38. The van der Waals surface area contributed by atoms with E-state index in [1.54, 1.807) is 6.92 Å². The number of nitrogens with one attached hydrogen (secondary N) is 1. The smallest absolute Gasteiger partial charge is 0.253 e. The molecule has 0 heterocycles. The molecule has 7 nitrogen and oxygen atoms in total. The topological polar surface area (TPSA) is 84.9 Å². The van der Waals surface area contributed by atoms with Crippen molar-refractivity contribution in [3.8, 4) is 11.5 Å². The second kappa shape index (κ2) is 8.23. The zero-order chi connectivity index (χ0) is 18.5. The van der Waals surface area contributed by atoms with Gasteiger partial charge in [-0.3, -0.25) is 9.10 Å². The normalized spacial score (nSPS) is 12.4. The fourth-order valence-electron chi connectivity index (χ4n) is 2.06. The van der Waals surface area contributed by atoms with Gasteiger partial charge in [0.15, 0.2) is 11.5 Å². The lowest BCUT2D eigenvalue weighted by Gasteiger charge is -2.23. The van der Waals surface area contributed by atoms with Crippen molar-refractivity contribution in [1.82, 2.24) is 5.32 Å². The van der Waals surface area contributed by atoms with Gasteiger partial charge in [0.2, 0.25) is 10.0 Å². The van der Waals surface area contributed by atoms with Gasteiger partial charge in [0, 0.05) is 19.2 Å². The Morgan fingerprint density at radius 1 is 1.21 bits per heavy atom. The van der Waals surface area contributed by atoms with Crippen LogP contribution in [0.1, 0.15) is 37.6 Å². The number of ether oxygens (including phenoxy) is 2. The number of hydrogen-bond acceptors (Lipinski definition) is 5. The summed E-state index contributed by atoms with van der Waals surface area (Å²) in [7, 11) is 0.800. The van der Waals surface area contributed by atoms with Gasteiger partial charge in [-0.15, -0.1) is 0 Å². The van der Waals surface area contributed by atoms with E-state index in [-0.39, 0.29) is 29.0 Å². The summed E-state index contributed by atoms with van der Waals surface area (Å²) in [6.07, 6.45) is 0.761. The molecule has 1 aromatic carbocycles. The molecule has 8 heteroatoms. The molecule has 0 fully saturated rings. The molecule has 0 saturated heterocycles. The largest absolute Gasteiger partial charge is 0.493 e. The van der Waals surface area contributed by atoms with Crippen molar-refractivity contribution < 1.29 is 22.7 Å². The molecule has 24 heavy (non-hydrogen) atoms. The minimum absolute atomic E-state index is 0.0356. The Bertz CT molecular complexity index is 688. The monoisotopic (exact) mass is 358 g/mol. The Morgan fingerprint density at radius 3 is 2.21 bits per heavy atom. The maximum absolute atomic E-state index is 12.6. The summed E-state index contributed by atoms with van der Waals surface area (Å²) in [4.78, 5) is 12.6. The van der Waals surface area contributed by atoms with Gasteiger partial charge in [-0.25, -0.2) is 8.42 Å². The highest BCUT2D eigenvalue weighted by molar-refractivity contribution is 7.92. The number of hydrogen-bond donors (Lipinski definition) is 1. The fourth-order valence-corrected chi connectivity index (χ4v) is 2.90. The molecule has 1 aromatic rings. The van der Waals surface area contributed by atoms with Gasteiger partial charge in [-0.05, 0) is 26.3 Å². The molecule has 1 atom stereocenters. The first kappa shape index (κ1) is 20.1. The average Bonchev–Trinajstić information content (AvgIpc) is 2.59. The number of carbonyl (C=O) groups excluding carboxylic acids is 1. The van der Waals surface area contributed by atoms with Crippen LogP contribution in [0.25, 0.3) is 0 Å². The number of rotatable bonds is 8. The Balaban J connectivity index is 3.51. The van der Waals surface area contributed by atoms with E-state index >= 15 is 0 Å². The van der Waals surface area contributed by atoms with Gasteiger partial charge in [0.25, 0.3) is 5.91 Å². The summed E-state index contributed by atoms with van der Waals surface area (Å²) >= 11 is 0. The predicted octanol–water partition coefficient (Wildman–Crippen LogP) is 2.02. The fraction of sp³-hybridized carbons (Fsp3) is 0.562. The Labute approximate surface area is 144 Å². The van der Waals surface area contributed by atoms with Crippen molar-refractivity contribution in [2.24, 2.45) is 0 Å². The zero-order valence-corrected chi connectivity index (χ0v) is 15.9. The summed E-state index contributed by atoms with van der Waals surface area (Å²) in [5.74, 6) is 0.270. The number of anilines is 1. The molecule has 1 rings (SSSR count). The molecular weight excluding hydrogens is 332 g/mol. The van der Waals surface area contributed by atoms with E-state index in [1.807, 2.05) is 13.8 Å². The summed E-state index contributed by atoms with van der Waals surface area (Å²) in [5.41, 5.74) is 0.461. The molecule has 1 N–H and O–H groups in total. The molecule has 0 spiro atoms. The highest BCUT2D eigenvalue weighted by Gasteiger charge is 2.25. The molecule has 0 aromatic heterocycles. The molecule has 136 valence electrons. The average molecular weight is 358 g/mol. The SMILES string of the molecule is CC[C@H](C)NC(=O)c1cc(OC)c(OC)cc1N(C)S(=O)(=O)CC. The maximum atomic E-state index is 12.6. The van der Waals surface area contributed by atoms with Gasteiger partial charge in [0.1, 0.15) is 0 Å². The predicted molar refractivity (Wildman–Crippen MR) is 94.6 cm³/mol. The lowest BCUT2D eigenvalue weighted by molar-refractivity contribution is 0.0939. The molecular formula is C16H26N2O5S. The standard InChI is InChI=1S/C16H26N2O5S/c1-7-11(3)17-16(19)12-9-14(22-5)15(23-6)10-13(12)18(4)24(20,21)8-2/h9-11H,7-8H2,1-6H3,(H,17,19)/t11-/m0/s1. The van der Waals surface area contributed by atoms with Crippen LogP contribution in [0.15, 0.2) is 12.1 Å². The molecule has 0 aliphatic heterocycles. The first-order valence-corrected chi connectivity index (χ1v) is 9.36. The van der Waals surface area contributed by atoms with E-state index < -0.39 is 10.0 Å². The highest BCUT2D eigenvalue weighted by Crippen LogP contribution is 2.35. The van der Waals surface area contributed by atoms with Crippen LogP contribution < -0.4 is 19.1 Å². The number of methoxy groups -OCH3 is 2. The molecule has 0 aliphatic carbocycles. The van der Waals surface area contributed by atoms with Gasteiger partial charge >= 0.3 is 0 Å². The van der Waals surface area contributed by atoms with Crippen molar-refractivity contribution in [2.45, 2.75) is 33.2 Å².